The summed E-state index contributed by atoms with van der Waals surface area (Å²) in [6, 6.07) is 9.16. The van der Waals surface area contributed by atoms with Crippen LogP contribution < -0.4 is 5.32 Å². The number of aromatic nitrogens is 2. The van der Waals surface area contributed by atoms with Gasteiger partial charge in [-0.05, 0) is 36.8 Å². The molecule has 8 heteroatoms. The Labute approximate surface area is 149 Å². The van der Waals surface area contributed by atoms with Crippen LogP contribution in [0.15, 0.2) is 47.1 Å². The number of carbonyl (C=O) groups is 1. The number of alkyl halides is 3. The summed E-state index contributed by atoms with van der Waals surface area (Å²) in [5.74, 6) is -0.512. The van der Waals surface area contributed by atoms with Gasteiger partial charge >= 0.3 is 6.18 Å². The van der Waals surface area contributed by atoms with E-state index in [4.69, 9.17) is 0 Å². The smallest absolute Gasteiger partial charge is 0.321 e. The van der Waals surface area contributed by atoms with Crippen LogP contribution in [0.4, 0.5) is 18.9 Å². The van der Waals surface area contributed by atoms with Crippen LogP contribution in [-0.2, 0) is 12.6 Å². The minimum Gasteiger partial charge on any atom is -0.321 e. The largest absolute Gasteiger partial charge is 0.417 e. The Morgan fingerprint density at radius 3 is 2.68 bits per heavy atom. The molecular weight excluding hydrogens is 399 g/mol. The standard InChI is InChI=1S/C17H13BrF3N3O/c1-2-13-15(16(25)22-12-5-3-4-11(18)8-12)24-9-10(17(19,20)21)6-7-14(24)23-13/h3-9H,2H2,1H3,(H,22,25). The van der Waals surface area contributed by atoms with Crippen molar-refractivity contribution >= 4 is 33.2 Å². The van der Waals surface area contributed by atoms with E-state index in [1.807, 2.05) is 0 Å². The second-order valence-electron chi connectivity index (χ2n) is 5.37. The van der Waals surface area contributed by atoms with Crippen molar-refractivity contribution in [1.29, 1.82) is 0 Å². The van der Waals surface area contributed by atoms with Crippen LogP contribution in [0.1, 0.15) is 28.7 Å². The van der Waals surface area contributed by atoms with E-state index in [1.165, 1.54) is 10.5 Å². The highest BCUT2D eigenvalue weighted by Crippen LogP contribution is 2.30. The van der Waals surface area contributed by atoms with Crippen molar-refractivity contribution in [2.75, 3.05) is 5.32 Å². The number of hydrogen-bond donors (Lipinski definition) is 1. The summed E-state index contributed by atoms with van der Waals surface area (Å²) < 4.78 is 40.9. The van der Waals surface area contributed by atoms with Gasteiger partial charge in [0.1, 0.15) is 11.3 Å². The summed E-state index contributed by atoms with van der Waals surface area (Å²) >= 11 is 3.31. The van der Waals surface area contributed by atoms with Gasteiger partial charge in [-0.25, -0.2) is 4.98 Å². The Morgan fingerprint density at radius 2 is 2.04 bits per heavy atom. The van der Waals surface area contributed by atoms with E-state index in [0.717, 1.165) is 16.7 Å². The van der Waals surface area contributed by atoms with Gasteiger partial charge in [-0.15, -0.1) is 0 Å². The number of pyridine rings is 1. The molecular formula is C17H13BrF3N3O. The SMILES string of the molecule is CCc1nc2ccc(C(F)(F)F)cn2c1C(=O)Nc1cccc(Br)c1. The van der Waals surface area contributed by atoms with Crippen LogP contribution in [0, 0.1) is 0 Å². The molecule has 0 fully saturated rings. The van der Waals surface area contributed by atoms with E-state index >= 15 is 0 Å². The highest BCUT2D eigenvalue weighted by molar-refractivity contribution is 9.10. The molecule has 0 saturated carbocycles. The summed E-state index contributed by atoms with van der Waals surface area (Å²) in [5, 5.41) is 2.70. The third-order valence-electron chi connectivity index (χ3n) is 3.65. The first kappa shape index (κ1) is 17.5. The number of anilines is 1. The third kappa shape index (κ3) is 3.53. The van der Waals surface area contributed by atoms with Crippen LogP contribution in [0.5, 0.6) is 0 Å². The molecule has 0 radical (unpaired) electrons. The van der Waals surface area contributed by atoms with Gasteiger partial charge in [-0.1, -0.05) is 28.9 Å². The molecule has 2 heterocycles. The van der Waals surface area contributed by atoms with Gasteiger partial charge in [0.15, 0.2) is 0 Å². The quantitative estimate of drug-likeness (QED) is 0.663. The Morgan fingerprint density at radius 1 is 1.28 bits per heavy atom. The van der Waals surface area contributed by atoms with Crippen molar-refractivity contribution in [2.45, 2.75) is 19.5 Å². The predicted molar refractivity (Wildman–Crippen MR) is 91.7 cm³/mol. The molecule has 4 nitrogen and oxygen atoms in total. The number of carbonyl (C=O) groups excluding carboxylic acids is 1. The number of imidazole rings is 1. The number of aryl methyl sites for hydroxylation is 1. The van der Waals surface area contributed by atoms with Crippen molar-refractivity contribution in [1.82, 2.24) is 9.38 Å². The highest BCUT2D eigenvalue weighted by atomic mass is 79.9. The number of rotatable bonds is 3. The molecule has 1 N–H and O–H groups in total. The fourth-order valence-corrected chi connectivity index (χ4v) is 2.90. The Balaban J connectivity index is 2.08. The van der Waals surface area contributed by atoms with Crippen LogP contribution in [0.25, 0.3) is 5.65 Å². The number of hydrogen-bond acceptors (Lipinski definition) is 2. The van der Waals surface area contributed by atoms with Gasteiger partial charge < -0.3 is 5.32 Å². The number of nitrogens with one attached hydrogen (secondary N) is 1. The van der Waals surface area contributed by atoms with E-state index in [9.17, 15) is 18.0 Å². The maximum atomic E-state index is 13.0. The fourth-order valence-electron chi connectivity index (χ4n) is 2.50. The zero-order valence-electron chi connectivity index (χ0n) is 13.1. The first-order valence-electron chi connectivity index (χ1n) is 7.44. The molecule has 1 amide bonds. The molecule has 0 bridgehead atoms. The summed E-state index contributed by atoms with van der Waals surface area (Å²) in [7, 11) is 0. The minimum atomic E-state index is -4.50. The van der Waals surface area contributed by atoms with Gasteiger partial charge in [0, 0.05) is 16.4 Å². The predicted octanol–water partition coefficient (Wildman–Crippen LogP) is 4.93. The zero-order valence-corrected chi connectivity index (χ0v) is 14.6. The maximum absolute atomic E-state index is 13.0. The summed E-state index contributed by atoms with van der Waals surface area (Å²) in [4.78, 5) is 16.9. The van der Waals surface area contributed by atoms with Gasteiger partial charge in [0.05, 0.1) is 11.3 Å². The molecule has 0 aliphatic heterocycles. The fraction of sp³-hybridized carbons (Fsp3) is 0.176. The average molecular weight is 412 g/mol. The lowest BCUT2D eigenvalue weighted by Gasteiger charge is -2.09. The highest BCUT2D eigenvalue weighted by Gasteiger charge is 2.31. The summed E-state index contributed by atoms with van der Waals surface area (Å²) in [5.41, 5.74) is 0.527. The lowest BCUT2D eigenvalue weighted by atomic mass is 10.2. The number of fused-ring (bicyclic) bond motifs is 1. The van der Waals surface area contributed by atoms with Crippen LogP contribution in [0.3, 0.4) is 0 Å². The molecule has 0 spiro atoms. The first-order chi connectivity index (χ1) is 11.8. The van der Waals surface area contributed by atoms with Crippen LogP contribution in [0.2, 0.25) is 0 Å². The lowest BCUT2D eigenvalue weighted by molar-refractivity contribution is -0.137. The molecule has 25 heavy (non-hydrogen) atoms. The third-order valence-corrected chi connectivity index (χ3v) is 4.14. The number of halogens is 4. The van der Waals surface area contributed by atoms with E-state index in [2.05, 4.69) is 26.2 Å². The molecule has 3 aromatic rings. The zero-order chi connectivity index (χ0) is 18.2. The molecule has 0 atom stereocenters. The number of benzene rings is 1. The lowest BCUT2D eigenvalue weighted by Crippen LogP contribution is -2.17. The molecule has 130 valence electrons. The van der Waals surface area contributed by atoms with Crippen LogP contribution >= 0.6 is 15.9 Å². The minimum absolute atomic E-state index is 0.101. The Kier molecular flexibility index (Phi) is 4.55. The molecule has 1 aromatic carbocycles. The molecule has 0 aliphatic carbocycles. The van der Waals surface area contributed by atoms with E-state index in [1.54, 1.807) is 31.2 Å². The van der Waals surface area contributed by atoms with E-state index in [-0.39, 0.29) is 5.69 Å². The second-order valence-corrected chi connectivity index (χ2v) is 6.28. The average Bonchev–Trinajstić information content (AvgIpc) is 2.91. The topological polar surface area (TPSA) is 46.4 Å². The van der Waals surface area contributed by atoms with E-state index < -0.39 is 17.6 Å². The Bertz CT molecular complexity index is 950. The van der Waals surface area contributed by atoms with Crippen molar-refractivity contribution in [3.8, 4) is 0 Å². The molecule has 2 aromatic heterocycles. The number of amides is 1. The maximum Gasteiger partial charge on any atom is 0.417 e. The normalized spacial score (nSPS) is 11.7. The van der Waals surface area contributed by atoms with E-state index in [0.29, 0.717) is 23.4 Å². The van der Waals surface area contributed by atoms with Gasteiger partial charge in [0.25, 0.3) is 5.91 Å². The molecule has 0 saturated heterocycles. The Hall–Kier alpha value is -2.35. The van der Waals surface area contributed by atoms with Crippen molar-refractivity contribution in [2.24, 2.45) is 0 Å². The van der Waals surface area contributed by atoms with Crippen molar-refractivity contribution < 1.29 is 18.0 Å². The van der Waals surface area contributed by atoms with Gasteiger partial charge in [0.2, 0.25) is 0 Å². The monoisotopic (exact) mass is 411 g/mol. The van der Waals surface area contributed by atoms with Gasteiger partial charge in [-0.2, -0.15) is 13.2 Å². The summed E-state index contributed by atoms with van der Waals surface area (Å²) in [6.07, 6.45) is -3.18. The van der Waals surface area contributed by atoms with Crippen molar-refractivity contribution in [3.05, 3.63) is 64.0 Å². The molecule has 3 rings (SSSR count). The summed E-state index contributed by atoms with van der Waals surface area (Å²) in [6.45, 7) is 1.79. The first-order valence-corrected chi connectivity index (χ1v) is 8.24. The molecule has 0 unspecified atom stereocenters. The van der Waals surface area contributed by atoms with Gasteiger partial charge in [-0.3, -0.25) is 9.20 Å². The van der Waals surface area contributed by atoms with Crippen LogP contribution in [-0.4, -0.2) is 15.3 Å². The number of nitrogens with zero attached hydrogens (tertiary/aromatic N) is 2. The second kappa shape index (κ2) is 6.51. The van der Waals surface area contributed by atoms with Crippen molar-refractivity contribution in [3.63, 3.8) is 0 Å². The molecule has 0 aliphatic rings.